The number of hydrogen-bond acceptors (Lipinski definition) is 2. The number of nitrogens with zero attached hydrogens (tertiary/aromatic N) is 1. The second kappa shape index (κ2) is 6.69. The summed E-state index contributed by atoms with van der Waals surface area (Å²) in [7, 11) is 0. The van der Waals surface area contributed by atoms with Crippen LogP contribution in [-0.4, -0.2) is 29.8 Å². The number of halogens is 1. The van der Waals surface area contributed by atoms with Crippen molar-refractivity contribution in [3.63, 3.8) is 0 Å². The van der Waals surface area contributed by atoms with Crippen LogP contribution >= 0.6 is 11.6 Å². The monoisotopic (exact) mass is 320 g/mol. The van der Waals surface area contributed by atoms with Gasteiger partial charge in [-0.15, -0.1) is 0 Å². The molecule has 0 aromatic heterocycles. The van der Waals surface area contributed by atoms with Crippen LogP contribution in [0.2, 0.25) is 5.02 Å². The van der Waals surface area contributed by atoms with Gasteiger partial charge in [-0.05, 0) is 43.4 Å². The molecule has 4 nitrogen and oxygen atoms in total. The fourth-order valence-electron chi connectivity index (χ4n) is 3.03. The molecule has 1 saturated carbocycles. The normalized spacial score (nSPS) is 24.0. The van der Waals surface area contributed by atoms with E-state index in [0.29, 0.717) is 18.0 Å². The Bertz CT molecular complexity index is 552. The minimum Gasteiger partial charge on any atom is -0.352 e. The second-order valence-corrected chi connectivity index (χ2v) is 6.62. The summed E-state index contributed by atoms with van der Waals surface area (Å²) in [6, 6.07) is 7.41. The van der Waals surface area contributed by atoms with Crippen LogP contribution in [0.3, 0.4) is 0 Å². The molecule has 0 bridgehead atoms. The van der Waals surface area contributed by atoms with Crippen LogP contribution in [0.15, 0.2) is 24.3 Å². The minimum atomic E-state index is -0.137. The number of carbonyl (C=O) groups excluding carboxylic acids is 2. The molecule has 22 heavy (non-hydrogen) atoms. The molecule has 2 aliphatic rings. The largest absolute Gasteiger partial charge is 0.352 e. The summed E-state index contributed by atoms with van der Waals surface area (Å²) in [6.07, 6.45) is 4.08. The first-order valence-corrected chi connectivity index (χ1v) is 8.34. The van der Waals surface area contributed by atoms with Crippen molar-refractivity contribution in [1.29, 1.82) is 0 Å². The molecular formula is C17H21ClN2O2. The topological polar surface area (TPSA) is 49.4 Å². The first kappa shape index (κ1) is 15.3. The Balaban J connectivity index is 1.46. The Kier molecular flexibility index (Phi) is 4.67. The number of amides is 2. The third kappa shape index (κ3) is 3.61. The predicted octanol–water partition coefficient (Wildman–Crippen LogP) is 2.60. The molecule has 0 radical (unpaired) electrons. The van der Waals surface area contributed by atoms with Gasteiger partial charge in [0.2, 0.25) is 11.8 Å². The molecule has 2 atom stereocenters. The first-order valence-electron chi connectivity index (χ1n) is 7.96. The van der Waals surface area contributed by atoms with Gasteiger partial charge in [-0.25, -0.2) is 0 Å². The van der Waals surface area contributed by atoms with E-state index in [9.17, 15) is 9.59 Å². The molecule has 5 heteroatoms. The van der Waals surface area contributed by atoms with Gasteiger partial charge >= 0.3 is 0 Å². The molecule has 118 valence electrons. The van der Waals surface area contributed by atoms with E-state index < -0.39 is 0 Å². The van der Waals surface area contributed by atoms with Crippen LogP contribution in [0.4, 0.5) is 0 Å². The number of nitrogens with one attached hydrogen (secondary N) is 1. The van der Waals surface area contributed by atoms with E-state index in [-0.39, 0.29) is 23.7 Å². The fraction of sp³-hybridized carbons (Fsp3) is 0.529. The summed E-state index contributed by atoms with van der Waals surface area (Å²) in [5.74, 6) is -0.0679. The van der Waals surface area contributed by atoms with E-state index in [1.807, 2.05) is 29.2 Å². The SMILES string of the molecule is O=C(NCc1ccc(Cl)cc1)C1CC1C(=O)N1CCCCC1. The summed E-state index contributed by atoms with van der Waals surface area (Å²) in [6.45, 7) is 2.19. The van der Waals surface area contributed by atoms with E-state index >= 15 is 0 Å². The number of carbonyl (C=O) groups is 2. The van der Waals surface area contributed by atoms with Gasteiger partial charge in [0.15, 0.2) is 0 Å². The maximum atomic E-state index is 12.3. The van der Waals surface area contributed by atoms with Crippen molar-refractivity contribution in [1.82, 2.24) is 10.2 Å². The molecule has 1 heterocycles. The smallest absolute Gasteiger partial charge is 0.226 e. The number of benzene rings is 1. The Labute approximate surface area is 135 Å². The first-order chi connectivity index (χ1) is 10.6. The lowest BCUT2D eigenvalue weighted by atomic mass is 10.1. The van der Waals surface area contributed by atoms with E-state index in [1.54, 1.807) is 0 Å². The molecule has 0 spiro atoms. The van der Waals surface area contributed by atoms with E-state index in [0.717, 1.165) is 31.5 Å². The minimum absolute atomic E-state index is 0.00897. The van der Waals surface area contributed by atoms with Crippen LogP contribution in [0.25, 0.3) is 0 Å². The van der Waals surface area contributed by atoms with Crippen LogP contribution in [0.5, 0.6) is 0 Å². The Morgan fingerprint density at radius 1 is 1.09 bits per heavy atom. The summed E-state index contributed by atoms with van der Waals surface area (Å²) >= 11 is 5.83. The standard InChI is InChI=1S/C17H21ClN2O2/c18-13-6-4-12(5-7-13)11-19-16(21)14-10-15(14)17(22)20-8-2-1-3-9-20/h4-7,14-15H,1-3,8-11H2,(H,19,21). The van der Waals surface area contributed by atoms with E-state index in [2.05, 4.69) is 5.32 Å². The van der Waals surface area contributed by atoms with Crippen molar-refractivity contribution >= 4 is 23.4 Å². The van der Waals surface area contributed by atoms with Gasteiger partial charge in [-0.3, -0.25) is 9.59 Å². The molecular weight excluding hydrogens is 300 g/mol. The molecule has 2 fully saturated rings. The second-order valence-electron chi connectivity index (χ2n) is 6.18. The molecule has 3 rings (SSSR count). The Morgan fingerprint density at radius 2 is 1.77 bits per heavy atom. The summed E-state index contributed by atoms with van der Waals surface area (Å²) in [5.41, 5.74) is 1.01. The van der Waals surface area contributed by atoms with Crippen molar-refractivity contribution in [2.75, 3.05) is 13.1 Å². The third-order valence-corrected chi connectivity index (χ3v) is 4.74. The van der Waals surface area contributed by atoms with Crippen molar-refractivity contribution in [3.8, 4) is 0 Å². The predicted molar refractivity (Wildman–Crippen MR) is 85.3 cm³/mol. The molecule has 2 unspecified atom stereocenters. The quantitative estimate of drug-likeness (QED) is 0.927. The van der Waals surface area contributed by atoms with Crippen molar-refractivity contribution in [2.24, 2.45) is 11.8 Å². The number of piperidine rings is 1. The lowest BCUT2D eigenvalue weighted by Gasteiger charge is -2.26. The zero-order valence-electron chi connectivity index (χ0n) is 12.6. The zero-order chi connectivity index (χ0) is 15.5. The molecule has 1 N–H and O–H groups in total. The molecule has 1 aliphatic carbocycles. The molecule has 2 amide bonds. The maximum absolute atomic E-state index is 12.3. The number of rotatable bonds is 4. The van der Waals surface area contributed by atoms with Crippen LogP contribution in [0, 0.1) is 11.8 Å². The summed E-state index contributed by atoms with van der Waals surface area (Å²) in [4.78, 5) is 26.4. The lowest BCUT2D eigenvalue weighted by Crippen LogP contribution is -2.37. The highest BCUT2D eigenvalue weighted by molar-refractivity contribution is 6.30. The van der Waals surface area contributed by atoms with Crippen LogP contribution < -0.4 is 5.32 Å². The Morgan fingerprint density at radius 3 is 2.45 bits per heavy atom. The average Bonchev–Trinajstić information content (AvgIpc) is 3.35. The van der Waals surface area contributed by atoms with Gasteiger partial charge in [0, 0.05) is 24.7 Å². The van der Waals surface area contributed by atoms with E-state index in [1.165, 1.54) is 6.42 Å². The van der Waals surface area contributed by atoms with Crippen LogP contribution in [-0.2, 0) is 16.1 Å². The van der Waals surface area contributed by atoms with Gasteiger partial charge in [0.1, 0.15) is 0 Å². The van der Waals surface area contributed by atoms with Crippen molar-refractivity contribution in [3.05, 3.63) is 34.9 Å². The van der Waals surface area contributed by atoms with Gasteiger partial charge in [-0.1, -0.05) is 23.7 Å². The molecule has 1 aromatic rings. The lowest BCUT2D eigenvalue weighted by molar-refractivity contribution is -0.135. The molecule has 1 aliphatic heterocycles. The molecule has 1 aromatic carbocycles. The highest BCUT2D eigenvalue weighted by Gasteiger charge is 2.49. The zero-order valence-corrected chi connectivity index (χ0v) is 13.3. The van der Waals surface area contributed by atoms with Gasteiger partial charge in [-0.2, -0.15) is 0 Å². The van der Waals surface area contributed by atoms with Crippen molar-refractivity contribution < 1.29 is 9.59 Å². The fourth-order valence-corrected chi connectivity index (χ4v) is 3.16. The highest BCUT2D eigenvalue weighted by atomic mass is 35.5. The number of hydrogen-bond donors (Lipinski definition) is 1. The highest BCUT2D eigenvalue weighted by Crippen LogP contribution is 2.40. The maximum Gasteiger partial charge on any atom is 0.226 e. The van der Waals surface area contributed by atoms with Gasteiger partial charge in [0.25, 0.3) is 0 Å². The van der Waals surface area contributed by atoms with Crippen LogP contribution in [0.1, 0.15) is 31.2 Å². The third-order valence-electron chi connectivity index (χ3n) is 4.49. The molecule has 1 saturated heterocycles. The van der Waals surface area contributed by atoms with Gasteiger partial charge < -0.3 is 10.2 Å². The van der Waals surface area contributed by atoms with Gasteiger partial charge in [0.05, 0.1) is 11.8 Å². The average molecular weight is 321 g/mol. The number of likely N-dealkylation sites (tertiary alicyclic amines) is 1. The van der Waals surface area contributed by atoms with Crippen molar-refractivity contribution in [2.45, 2.75) is 32.2 Å². The Hall–Kier alpha value is -1.55. The summed E-state index contributed by atoms with van der Waals surface area (Å²) in [5, 5.41) is 3.60. The summed E-state index contributed by atoms with van der Waals surface area (Å²) < 4.78 is 0. The van der Waals surface area contributed by atoms with E-state index in [4.69, 9.17) is 11.6 Å².